The van der Waals surface area contributed by atoms with Gasteiger partial charge in [-0.25, -0.2) is 9.37 Å². The Morgan fingerprint density at radius 3 is 2.65 bits per heavy atom. The fourth-order valence-electron chi connectivity index (χ4n) is 1.84. The number of benzene rings is 1. The maximum atomic E-state index is 13.8. The van der Waals surface area contributed by atoms with Crippen molar-refractivity contribution in [1.82, 2.24) is 9.97 Å². The summed E-state index contributed by atoms with van der Waals surface area (Å²) in [5, 5.41) is 0.328. The zero-order valence-electron chi connectivity index (χ0n) is 11.6. The van der Waals surface area contributed by atoms with Crippen molar-refractivity contribution in [2.24, 2.45) is 0 Å². The summed E-state index contributed by atoms with van der Waals surface area (Å²) in [5.74, 6) is 0.00994. The zero-order chi connectivity index (χ0) is 14.9. The van der Waals surface area contributed by atoms with Crippen LogP contribution in [-0.2, 0) is 11.8 Å². The number of aromatic amines is 1. The molecule has 1 heterocycles. The number of rotatable bonds is 2. The fourth-order valence-corrected chi connectivity index (χ4v) is 2.07. The van der Waals surface area contributed by atoms with Gasteiger partial charge in [0, 0.05) is 28.5 Å². The van der Waals surface area contributed by atoms with E-state index in [1.165, 1.54) is 12.1 Å². The van der Waals surface area contributed by atoms with Gasteiger partial charge in [0.1, 0.15) is 11.6 Å². The highest BCUT2D eigenvalue weighted by atomic mass is 35.5. The van der Waals surface area contributed by atoms with E-state index in [-0.39, 0.29) is 17.4 Å². The molecule has 0 unspecified atom stereocenters. The number of halogens is 2. The molecule has 0 aliphatic carbocycles. The van der Waals surface area contributed by atoms with Gasteiger partial charge in [0.15, 0.2) is 0 Å². The van der Waals surface area contributed by atoms with Crippen LogP contribution in [0.15, 0.2) is 29.1 Å². The van der Waals surface area contributed by atoms with Crippen LogP contribution in [0.1, 0.15) is 37.9 Å². The number of hydrogen-bond donors (Lipinski definition) is 1. The van der Waals surface area contributed by atoms with E-state index in [4.69, 9.17) is 11.6 Å². The van der Waals surface area contributed by atoms with E-state index in [0.717, 1.165) is 0 Å². The molecule has 0 aliphatic rings. The van der Waals surface area contributed by atoms with E-state index in [0.29, 0.717) is 22.1 Å². The maximum absolute atomic E-state index is 13.8. The minimum absolute atomic E-state index is 0.157. The van der Waals surface area contributed by atoms with Gasteiger partial charge in [-0.05, 0) is 12.1 Å². The van der Waals surface area contributed by atoms with E-state index < -0.39 is 5.82 Å². The van der Waals surface area contributed by atoms with Gasteiger partial charge < -0.3 is 4.98 Å². The molecule has 20 heavy (non-hydrogen) atoms. The first-order chi connectivity index (χ1) is 9.27. The van der Waals surface area contributed by atoms with E-state index in [2.05, 4.69) is 9.97 Å². The number of hydrogen-bond acceptors (Lipinski definition) is 2. The first kappa shape index (κ1) is 14.7. The molecular weight excluding hydrogens is 279 g/mol. The molecule has 2 rings (SSSR count). The topological polar surface area (TPSA) is 45.8 Å². The molecule has 0 saturated heterocycles. The Morgan fingerprint density at radius 2 is 2.05 bits per heavy atom. The summed E-state index contributed by atoms with van der Waals surface area (Å²) in [5.41, 5.74) is 0.515. The quantitative estimate of drug-likeness (QED) is 0.922. The Bertz CT molecular complexity index is 669. The van der Waals surface area contributed by atoms with Crippen LogP contribution in [0.4, 0.5) is 4.39 Å². The summed E-state index contributed by atoms with van der Waals surface area (Å²) in [6.45, 7) is 5.90. The summed E-state index contributed by atoms with van der Waals surface area (Å²) in [4.78, 5) is 18.7. The van der Waals surface area contributed by atoms with Gasteiger partial charge in [-0.2, -0.15) is 0 Å². The number of H-pyrrole nitrogens is 1. The lowest BCUT2D eigenvalue weighted by molar-refractivity contribution is 0.560. The van der Waals surface area contributed by atoms with Crippen molar-refractivity contribution >= 4 is 11.6 Å². The third-order valence-electron chi connectivity index (χ3n) is 2.97. The predicted octanol–water partition coefficient (Wildman–Crippen LogP) is 3.45. The van der Waals surface area contributed by atoms with E-state index in [1.54, 1.807) is 12.1 Å². The normalized spacial score (nSPS) is 11.7. The molecule has 5 heteroatoms. The molecule has 1 aromatic heterocycles. The van der Waals surface area contributed by atoms with Crippen LogP contribution >= 0.6 is 11.6 Å². The van der Waals surface area contributed by atoms with Crippen molar-refractivity contribution in [3.8, 4) is 0 Å². The van der Waals surface area contributed by atoms with Gasteiger partial charge in [0.25, 0.3) is 5.56 Å². The lowest BCUT2D eigenvalue weighted by atomic mass is 9.92. The van der Waals surface area contributed by atoms with Crippen molar-refractivity contribution in [2.75, 3.05) is 0 Å². The van der Waals surface area contributed by atoms with Crippen molar-refractivity contribution in [3.63, 3.8) is 0 Å². The Hall–Kier alpha value is -1.68. The Morgan fingerprint density at radius 1 is 1.35 bits per heavy atom. The number of aromatic nitrogens is 2. The standard InChI is InChI=1S/C15H16ClFN2O/c1-15(2,3)12-8-14(20)19-13(18-12)7-9-10(16)5-4-6-11(9)17/h4-6,8H,7H2,1-3H3,(H,18,19,20). The van der Waals surface area contributed by atoms with Gasteiger partial charge in [-0.3, -0.25) is 4.79 Å². The molecule has 2 aromatic rings. The van der Waals surface area contributed by atoms with Crippen molar-refractivity contribution in [2.45, 2.75) is 32.6 Å². The van der Waals surface area contributed by atoms with Gasteiger partial charge in [-0.15, -0.1) is 0 Å². The van der Waals surface area contributed by atoms with Gasteiger partial charge in [0.05, 0.1) is 5.69 Å². The Kier molecular flexibility index (Phi) is 3.95. The smallest absolute Gasteiger partial charge is 0.251 e. The second-order valence-electron chi connectivity index (χ2n) is 5.70. The van der Waals surface area contributed by atoms with Crippen molar-refractivity contribution in [3.05, 3.63) is 62.5 Å². The molecule has 0 atom stereocenters. The summed E-state index contributed by atoms with van der Waals surface area (Å²) >= 11 is 5.99. The maximum Gasteiger partial charge on any atom is 0.251 e. The lowest BCUT2D eigenvalue weighted by Crippen LogP contribution is -2.21. The van der Waals surface area contributed by atoms with Crippen molar-refractivity contribution < 1.29 is 4.39 Å². The first-order valence-corrected chi connectivity index (χ1v) is 6.69. The zero-order valence-corrected chi connectivity index (χ0v) is 12.4. The summed E-state index contributed by atoms with van der Waals surface area (Å²) in [7, 11) is 0. The Balaban J connectivity index is 2.45. The molecule has 0 aliphatic heterocycles. The van der Waals surface area contributed by atoms with Crippen LogP contribution in [0, 0.1) is 5.82 Å². The van der Waals surface area contributed by atoms with Gasteiger partial charge in [0.2, 0.25) is 0 Å². The third-order valence-corrected chi connectivity index (χ3v) is 3.32. The minimum Gasteiger partial charge on any atom is -0.310 e. The second kappa shape index (κ2) is 5.37. The van der Waals surface area contributed by atoms with Crippen LogP contribution in [-0.4, -0.2) is 9.97 Å². The SMILES string of the molecule is CC(C)(C)c1cc(=O)[nH]c(Cc2c(F)cccc2Cl)n1. The summed E-state index contributed by atoms with van der Waals surface area (Å²) < 4.78 is 13.8. The monoisotopic (exact) mass is 294 g/mol. The molecule has 1 N–H and O–H groups in total. The fraction of sp³-hybridized carbons (Fsp3) is 0.333. The van der Waals surface area contributed by atoms with Gasteiger partial charge >= 0.3 is 0 Å². The van der Waals surface area contributed by atoms with E-state index in [1.807, 2.05) is 20.8 Å². The highest BCUT2D eigenvalue weighted by Gasteiger charge is 2.18. The number of nitrogens with zero attached hydrogens (tertiary/aromatic N) is 1. The highest BCUT2D eigenvalue weighted by Crippen LogP contribution is 2.22. The molecule has 0 spiro atoms. The second-order valence-corrected chi connectivity index (χ2v) is 6.11. The van der Waals surface area contributed by atoms with E-state index >= 15 is 0 Å². The Labute approximate surface area is 121 Å². The first-order valence-electron chi connectivity index (χ1n) is 6.31. The van der Waals surface area contributed by atoms with Crippen LogP contribution in [0.2, 0.25) is 5.02 Å². The molecule has 106 valence electrons. The van der Waals surface area contributed by atoms with Crippen LogP contribution in [0.5, 0.6) is 0 Å². The summed E-state index contributed by atoms with van der Waals surface area (Å²) in [6.07, 6.45) is 0.157. The third kappa shape index (κ3) is 3.25. The number of nitrogens with one attached hydrogen (secondary N) is 1. The molecule has 1 aromatic carbocycles. The lowest BCUT2D eigenvalue weighted by Gasteiger charge is -2.18. The molecule has 0 saturated carbocycles. The molecular formula is C15H16ClFN2O. The molecule has 0 bridgehead atoms. The molecule has 0 amide bonds. The van der Waals surface area contributed by atoms with Crippen LogP contribution in [0.3, 0.4) is 0 Å². The average molecular weight is 295 g/mol. The highest BCUT2D eigenvalue weighted by molar-refractivity contribution is 6.31. The van der Waals surface area contributed by atoms with Crippen LogP contribution in [0.25, 0.3) is 0 Å². The molecule has 0 fully saturated rings. The summed E-state index contributed by atoms with van der Waals surface area (Å²) in [6, 6.07) is 5.97. The van der Waals surface area contributed by atoms with Gasteiger partial charge in [-0.1, -0.05) is 38.4 Å². The van der Waals surface area contributed by atoms with Crippen molar-refractivity contribution in [1.29, 1.82) is 0 Å². The van der Waals surface area contributed by atoms with Crippen LogP contribution < -0.4 is 5.56 Å². The predicted molar refractivity (Wildman–Crippen MR) is 77.8 cm³/mol. The van der Waals surface area contributed by atoms with E-state index in [9.17, 15) is 9.18 Å². The molecule has 3 nitrogen and oxygen atoms in total. The average Bonchev–Trinajstić information content (AvgIpc) is 2.32. The minimum atomic E-state index is -0.402. The largest absolute Gasteiger partial charge is 0.310 e. The molecule has 0 radical (unpaired) electrons.